The van der Waals surface area contributed by atoms with Gasteiger partial charge >= 0.3 is 5.97 Å². The summed E-state index contributed by atoms with van der Waals surface area (Å²) in [5.74, 6) is -0.790. The Morgan fingerprint density at radius 1 is 1.12 bits per heavy atom. The molecule has 1 N–H and O–H groups in total. The number of hydrogen-bond acceptors (Lipinski definition) is 4. The van der Waals surface area contributed by atoms with Gasteiger partial charge < -0.3 is 9.84 Å². The minimum atomic E-state index is -3.70. The summed E-state index contributed by atoms with van der Waals surface area (Å²) in [5, 5.41) is 8.68. The van der Waals surface area contributed by atoms with Crippen molar-refractivity contribution in [3.8, 4) is 5.75 Å². The zero-order valence-corrected chi connectivity index (χ0v) is 14.1. The Bertz CT molecular complexity index is 790. The second kappa shape index (κ2) is 7.83. The molecule has 0 fully saturated rings. The molecular formula is C17H19NO5S. The van der Waals surface area contributed by atoms with E-state index in [1.165, 1.54) is 10.4 Å². The highest BCUT2D eigenvalue weighted by Gasteiger charge is 2.24. The fourth-order valence-corrected chi connectivity index (χ4v) is 3.75. The van der Waals surface area contributed by atoms with Gasteiger partial charge in [0.05, 0.1) is 10.6 Å². The van der Waals surface area contributed by atoms with Crippen molar-refractivity contribution in [1.82, 2.24) is 0 Å². The van der Waals surface area contributed by atoms with Crippen molar-refractivity contribution < 1.29 is 23.1 Å². The highest BCUT2D eigenvalue weighted by molar-refractivity contribution is 7.92. The first-order valence-corrected chi connectivity index (χ1v) is 8.91. The van der Waals surface area contributed by atoms with Crippen molar-refractivity contribution in [1.29, 1.82) is 0 Å². The number of carboxylic acid groups (broad SMARTS) is 1. The second-order valence-corrected chi connectivity index (χ2v) is 6.93. The number of ether oxygens (including phenoxy) is 1. The summed E-state index contributed by atoms with van der Waals surface area (Å²) in [7, 11) is -3.70. The Kier molecular flexibility index (Phi) is 5.81. The monoisotopic (exact) mass is 349 g/mol. The van der Waals surface area contributed by atoms with Gasteiger partial charge in [-0.05, 0) is 30.7 Å². The third-order valence-electron chi connectivity index (χ3n) is 3.23. The Morgan fingerprint density at radius 3 is 2.46 bits per heavy atom. The second-order valence-electron chi connectivity index (χ2n) is 5.07. The van der Waals surface area contributed by atoms with Crippen molar-refractivity contribution in [2.24, 2.45) is 0 Å². The Morgan fingerprint density at radius 2 is 1.83 bits per heavy atom. The summed E-state index contributed by atoms with van der Waals surface area (Å²) in [6, 6.07) is 14.6. The van der Waals surface area contributed by atoms with Crippen molar-refractivity contribution in [3.05, 3.63) is 54.6 Å². The predicted octanol–water partition coefficient (Wildman–Crippen LogP) is 2.76. The molecular weight excluding hydrogens is 330 g/mol. The lowest BCUT2D eigenvalue weighted by Crippen LogP contribution is -2.31. The van der Waals surface area contributed by atoms with E-state index in [0.29, 0.717) is 24.4 Å². The van der Waals surface area contributed by atoms with Gasteiger partial charge in [-0.25, -0.2) is 13.2 Å². The van der Waals surface area contributed by atoms with Crippen LogP contribution in [0.25, 0.3) is 0 Å². The van der Waals surface area contributed by atoms with Crippen LogP contribution in [0.5, 0.6) is 5.75 Å². The summed E-state index contributed by atoms with van der Waals surface area (Å²) in [4.78, 5) is 10.8. The molecule has 0 aliphatic rings. The van der Waals surface area contributed by atoms with Crippen molar-refractivity contribution in [2.45, 2.75) is 18.2 Å². The van der Waals surface area contributed by atoms with Crippen LogP contribution in [0.3, 0.4) is 0 Å². The first-order valence-electron chi connectivity index (χ1n) is 7.47. The van der Waals surface area contributed by atoms with E-state index >= 15 is 0 Å². The van der Waals surface area contributed by atoms with Crippen LogP contribution in [0.1, 0.15) is 13.3 Å². The number of anilines is 1. The number of aliphatic carboxylic acids is 1. The Hall–Kier alpha value is -2.54. The molecule has 128 valence electrons. The molecule has 0 aliphatic heterocycles. The summed E-state index contributed by atoms with van der Waals surface area (Å²) < 4.78 is 32.2. The van der Waals surface area contributed by atoms with E-state index in [1.807, 2.05) is 6.92 Å². The number of benzene rings is 2. The highest BCUT2D eigenvalue weighted by Crippen LogP contribution is 2.27. The van der Waals surface area contributed by atoms with Gasteiger partial charge in [-0.1, -0.05) is 31.2 Å². The van der Waals surface area contributed by atoms with E-state index in [4.69, 9.17) is 9.84 Å². The number of carboxylic acids is 1. The van der Waals surface area contributed by atoms with Crippen LogP contribution in [0, 0.1) is 0 Å². The molecule has 0 unspecified atom stereocenters. The minimum Gasteiger partial charge on any atom is -0.482 e. The standard InChI is InChI=1S/C17H19NO5S/c1-2-11-18(24(21,22)16-9-4-3-5-10-16)14-7-6-8-15(12-14)23-13-17(19)20/h3-10,12H,2,11,13H2,1H3,(H,19,20). The molecule has 6 nitrogen and oxygen atoms in total. The minimum absolute atomic E-state index is 0.204. The van der Waals surface area contributed by atoms with Crippen LogP contribution < -0.4 is 9.04 Å². The number of nitrogens with zero attached hydrogens (tertiary/aromatic N) is 1. The SMILES string of the molecule is CCCN(c1cccc(OCC(=O)O)c1)S(=O)(=O)c1ccccc1. The average Bonchev–Trinajstić information content (AvgIpc) is 2.58. The molecule has 24 heavy (non-hydrogen) atoms. The van der Waals surface area contributed by atoms with Gasteiger partial charge in [0.2, 0.25) is 0 Å². The normalized spacial score (nSPS) is 11.0. The number of hydrogen-bond donors (Lipinski definition) is 1. The molecule has 0 spiro atoms. The molecule has 0 amide bonds. The topological polar surface area (TPSA) is 83.9 Å². The smallest absolute Gasteiger partial charge is 0.341 e. The van der Waals surface area contributed by atoms with Gasteiger partial charge in [-0.2, -0.15) is 0 Å². The average molecular weight is 349 g/mol. The van der Waals surface area contributed by atoms with Crippen molar-refractivity contribution in [3.63, 3.8) is 0 Å². The van der Waals surface area contributed by atoms with Crippen LogP contribution in [0.15, 0.2) is 59.5 Å². The van der Waals surface area contributed by atoms with Crippen LogP contribution in [-0.4, -0.2) is 32.6 Å². The molecule has 0 radical (unpaired) electrons. The van der Waals surface area contributed by atoms with E-state index in [2.05, 4.69) is 0 Å². The van der Waals surface area contributed by atoms with Crippen LogP contribution in [0.4, 0.5) is 5.69 Å². The first-order chi connectivity index (χ1) is 11.4. The zero-order valence-electron chi connectivity index (χ0n) is 13.3. The number of rotatable bonds is 8. The third-order valence-corrected chi connectivity index (χ3v) is 5.07. The van der Waals surface area contributed by atoms with E-state index in [9.17, 15) is 13.2 Å². The van der Waals surface area contributed by atoms with Crippen LogP contribution >= 0.6 is 0 Å². The van der Waals surface area contributed by atoms with E-state index in [1.54, 1.807) is 48.5 Å². The van der Waals surface area contributed by atoms with Crippen LogP contribution in [-0.2, 0) is 14.8 Å². The van der Waals surface area contributed by atoms with Gasteiger partial charge in [0.1, 0.15) is 5.75 Å². The quantitative estimate of drug-likeness (QED) is 0.792. The molecule has 0 aliphatic carbocycles. The summed E-state index contributed by atoms with van der Waals surface area (Å²) in [5.41, 5.74) is 0.434. The zero-order chi connectivity index (χ0) is 17.6. The fourth-order valence-electron chi connectivity index (χ4n) is 2.18. The van der Waals surface area contributed by atoms with E-state index < -0.39 is 22.6 Å². The number of carbonyl (C=O) groups is 1. The maximum absolute atomic E-state index is 12.9. The van der Waals surface area contributed by atoms with Crippen LogP contribution in [0.2, 0.25) is 0 Å². The summed E-state index contributed by atoms with van der Waals surface area (Å²) in [6.45, 7) is 1.71. The summed E-state index contributed by atoms with van der Waals surface area (Å²) >= 11 is 0. The molecule has 0 saturated heterocycles. The Balaban J connectivity index is 2.37. The molecule has 2 aromatic rings. The lowest BCUT2D eigenvalue weighted by molar-refractivity contribution is -0.139. The molecule has 0 heterocycles. The maximum Gasteiger partial charge on any atom is 0.341 e. The first kappa shape index (κ1) is 17.8. The van der Waals surface area contributed by atoms with Gasteiger partial charge in [-0.15, -0.1) is 0 Å². The van der Waals surface area contributed by atoms with Gasteiger partial charge in [0, 0.05) is 12.6 Å². The molecule has 2 aromatic carbocycles. The molecule has 0 atom stereocenters. The van der Waals surface area contributed by atoms with Gasteiger partial charge in [-0.3, -0.25) is 4.31 Å². The van der Waals surface area contributed by atoms with Gasteiger partial charge in [0.15, 0.2) is 6.61 Å². The van der Waals surface area contributed by atoms with Crippen molar-refractivity contribution in [2.75, 3.05) is 17.5 Å². The van der Waals surface area contributed by atoms with Gasteiger partial charge in [0.25, 0.3) is 10.0 Å². The predicted molar refractivity (Wildman–Crippen MR) is 90.8 cm³/mol. The fraction of sp³-hybridized carbons (Fsp3) is 0.235. The lowest BCUT2D eigenvalue weighted by Gasteiger charge is -2.24. The maximum atomic E-state index is 12.9. The largest absolute Gasteiger partial charge is 0.482 e. The van der Waals surface area contributed by atoms with E-state index in [-0.39, 0.29) is 4.90 Å². The molecule has 0 aromatic heterocycles. The number of sulfonamides is 1. The Labute approximate surface area is 141 Å². The lowest BCUT2D eigenvalue weighted by atomic mass is 10.3. The highest BCUT2D eigenvalue weighted by atomic mass is 32.2. The van der Waals surface area contributed by atoms with Crippen molar-refractivity contribution >= 4 is 21.7 Å². The van der Waals surface area contributed by atoms with E-state index in [0.717, 1.165) is 0 Å². The third kappa shape index (κ3) is 4.26. The molecule has 0 saturated carbocycles. The molecule has 2 rings (SSSR count). The molecule has 0 bridgehead atoms. The summed E-state index contributed by atoms with van der Waals surface area (Å²) in [6.07, 6.45) is 0.631. The molecule has 7 heteroatoms.